The third-order valence-electron chi connectivity index (χ3n) is 3.29. The van der Waals surface area contributed by atoms with Crippen LogP contribution >= 0.6 is 0 Å². The van der Waals surface area contributed by atoms with E-state index in [1.807, 2.05) is 0 Å². The summed E-state index contributed by atoms with van der Waals surface area (Å²) in [6, 6.07) is 0.122. The Morgan fingerprint density at radius 2 is 2.13 bits per heavy atom. The van der Waals surface area contributed by atoms with Crippen molar-refractivity contribution in [2.45, 2.75) is 50.5 Å². The minimum atomic E-state index is -0.398. The zero-order valence-corrected chi connectivity index (χ0v) is 9.37. The molecule has 1 heterocycles. The highest BCUT2D eigenvalue weighted by Crippen LogP contribution is 2.35. The van der Waals surface area contributed by atoms with Gasteiger partial charge in [0, 0.05) is 18.9 Å². The molecule has 4 heteroatoms. The zero-order chi connectivity index (χ0) is 10.7. The van der Waals surface area contributed by atoms with Crippen LogP contribution in [0.15, 0.2) is 0 Å². The van der Waals surface area contributed by atoms with Crippen molar-refractivity contribution in [3.63, 3.8) is 0 Å². The molecule has 2 fully saturated rings. The van der Waals surface area contributed by atoms with Crippen LogP contribution in [0, 0.1) is 0 Å². The lowest BCUT2D eigenvalue weighted by atomic mass is 9.87. The van der Waals surface area contributed by atoms with Crippen LogP contribution in [0.1, 0.15) is 32.6 Å². The van der Waals surface area contributed by atoms with E-state index in [1.165, 1.54) is 0 Å². The molecular formula is C11H21NO3. The molecule has 4 nitrogen and oxygen atoms in total. The summed E-state index contributed by atoms with van der Waals surface area (Å²) in [5.41, 5.74) is 0. The Bertz CT molecular complexity index is 204. The van der Waals surface area contributed by atoms with E-state index >= 15 is 0 Å². The van der Waals surface area contributed by atoms with Gasteiger partial charge in [0.15, 0.2) is 5.79 Å². The fourth-order valence-corrected chi connectivity index (χ4v) is 2.44. The van der Waals surface area contributed by atoms with Crippen LogP contribution in [0.2, 0.25) is 0 Å². The first-order valence-electron chi connectivity index (χ1n) is 5.95. The topological polar surface area (TPSA) is 50.7 Å². The van der Waals surface area contributed by atoms with Crippen LogP contribution in [0.25, 0.3) is 0 Å². The Morgan fingerprint density at radius 1 is 1.40 bits per heavy atom. The molecular weight excluding hydrogens is 194 g/mol. The first kappa shape index (κ1) is 11.3. The van der Waals surface area contributed by atoms with Gasteiger partial charge in [-0.3, -0.25) is 0 Å². The van der Waals surface area contributed by atoms with Gasteiger partial charge < -0.3 is 19.9 Å². The molecule has 0 bridgehead atoms. The number of nitrogens with one attached hydrogen (secondary N) is 1. The van der Waals surface area contributed by atoms with E-state index in [0.29, 0.717) is 13.2 Å². The minimum absolute atomic E-state index is 0.122. The van der Waals surface area contributed by atoms with Gasteiger partial charge in [-0.15, -0.1) is 0 Å². The molecule has 2 aliphatic rings. The first-order chi connectivity index (χ1) is 7.26. The Labute approximate surface area is 90.9 Å². The smallest absolute Gasteiger partial charge is 0.170 e. The quantitative estimate of drug-likeness (QED) is 0.725. The lowest BCUT2D eigenvalue weighted by molar-refractivity contribution is -0.194. The molecule has 1 spiro atoms. The van der Waals surface area contributed by atoms with Crippen molar-refractivity contribution < 1.29 is 14.6 Å². The highest BCUT2D eigenvalue weighted by molar-refractivity contribution is 4.91. The van der Waals surface area contributed by atoms with Gasteiger partial charge in [0.25, 0.3) is 0 Å². The normalized spacial score (nSPS) is 34.8. The van der Waals surface area contributed by atoms with E-state index in [-0.39, 0.29) is 12.1 Å². The van der Waals surface area contributed by atoms with Gasteiger partial charge in [0.1, 0.15) is 0 Å². The summed E-state index contributed by atoms with van der Waals surface area (Å²) in [6.45, 7) is 4.45. The van der Waals surface area contributed by atoms with Crippen molar-refractivity contribution in [1.82, 2.24) is 5.32 Å². The van der Waals surface area contributed by atoms with Crippen LogP contribution in [0.3, 0.4) is 0 Å². The third-order valence-corrected chi connectivity index (χ3v) is 3.29. The molecule has 0 aromatic heterocycles. The molecule has 0 aromatic rings. The summed E-state index contributed by atoms with van der Waals surface area (Å²) in [5.74, 6) is -0.398. The van der Waals surface area contributed by atoms with E-state index in [0.717, 1.165) is 32.2 Å². The van der Waals surface area contributed by atoms with E-state index in [2.05, 4.69) is 12.2 Å². The number of aliphatic hydroxyl groups excluding tert-OH is 1. The first-order valence-corrected chi connectivity index (χ1v) is 5.95. The number of ether oxygens (including phenoxy) is 2. The van der Waals surface area contributed by atoms with Gasteiger partial charge >= 0.3 is 0 Å². The fraction of sp³-hybridized carbons (Fsp3) is 1.00. The number of aliphatic hydroxyl groups is 1. The number of rotatable bonds is 3. The molecule has 88 valence electrons. The highest BCUT2D eigenvalue weighted by Gasteiger charge is 2.44. The second kappa shape index (κ2) is 4.78. The lowest BCUT2D eigenvalue weighted by Crippen LogP contribution is -2.51. The highest BCUT2D eigenvalue weighted by atomic mass is 16.7. The summed E-state index contributed by atoms with van der Waals surface area (Å²) in [6.07, 6.45) is 3.18. The van der Waals surface area contributed by atoms with Crippen molar-refractivity contribution >= 4 is 0 Å². The average Bonchev–Trinajstić information content (AvgIpc) is 2.69. The molecule has 1 saturated heterocycles. The summed E-state index contributed by atoms with van der Waals surface area (Å²) in [7, 11) is 0. The molecule has 0 amide bonds. The van der Waals surface area contributed by atoms with Crippen LogP contribution in [-0.4, -0.2) is 42.8 Å². The largest absolute Gasteiger partial charge is 0.391 e. The van der Waals surface area contributed by atoms with Gasteiger partial charge in [-0.25, -0.2) is 0 Å². The van der Waals surface area contributed by atoms with Crippen molar-refractivity contribution in [2.24, 2.45) is 0 Å². The molecule has 2 N–H and O–H groups in total. The Balaban J connectivity index is 1.91. The minimum Gasteiger partial charge on any atom is -0.391 e. The van der Waals surface area contributed by atoms with E-state index in [1.54, 1.807) is 0 Å². The second-order valence-corrected chi connectivity index (χ2v) is 4.48. The molecule has 1 aliphatic carbocycles. The summed E-state index contributed by atoms with van der Waals surface area (Å²) >= 11 is 0. The molecule has 0 unspecified atom stereocenters. The molecule has 0 radical (unpaired) electrons. The fourth-order valence-electron chi connectivity index (χ4n) is 2.44. The second-order valence-electron chi connectivity index (χ2n) is 4.48. The predicted octanol–water partition coefficient (Wildman–Crippen LogP) is 0.642. The maximum atomic E-state index is 9.87. The van der Waals surface area contributed by atoms with Crippen molar-refractivity contribution in [1.29, 1.82) is 0 Å². The van der Waals surface area contributed by atoms with Gasteiger partial charge in [-0.1, -0.05) is 6.92 Å². The van der Waals surface area contributed by atoms with Crippen LogP contribution < -0.4 is 5.32 Å². The summed E-state index contributed by atoms with van der Waals surface area (Å²) in [4.78, 5) is 0. The van der Waals surface area contributed by atoms with Crippen molar-refractivity contribution in [3.05, 3.63) is 0 Å². The molecule has 1 saturated carbocycles. The van der Waals surface area contributed by atoms with Gasteiger partial charge in [-0.05, 0) is 19.4 Å². The molecule has 2 rings (SSSR count). The third kappa shape index (κ3) is 2.50. The molecule has 15 heavy (non-hydrogen) atoms. The maximum absolute atomic E-state index is 9.87. The lowest BCUT2D eigenvalue weighted by Gasteiger charge is -2.39. The van der Waals surface area contributed by atoms with E-state index < -0.39 is 5.79 Å². The number of hydrogen-bond acceptors (Lipinski definition) is 4. The van der Waals surface area contributed by atoms with Gasteiger partial charge in [0.05, 0.1) is 19.3 Å². The maximum Gasteiger partial charge on any atom is 0.170 e. The Hall–Kier alpha value is -0.160. The summed E-state index contributed by atoms with van der Waals surface area (Å²) < 4.78 is 11.3. The Morgan fingerprint density at radius 3 is 2.80 bits per heavy atom. The number of hydrogen-bond donors (Lipinski definition) is 2. The monoisotopic (exact) mass is 215 g/mol. The van der Waals surface area contributed by atoms with Crippen molar-refractivity contribution in [3.8, 4) is 0 Å². The summed E-state index contributed by atoms with van der Waals surface area (Å²) in [5, 5.41) is 13.2. The zero-order valence-electron chi connectivity index (χ0n) is 9.37. The average molecular weight is 215 g/mol. The predicted molar refractivity (Wildman–Crippen MR) is 56.6 cm³/mol. The molecule has 1 aliphatic heterocycles. The van der Waals surface area contributed by atoms with Crippen molar-refractivity contribution in [2.75, 3.05) is 19.8 Å². The van der Waals surface area contributed by atoms with Crippen LogP contribution in [0.5, 0.6) is 0 Å². The SMILES string of the molecule is CCCN[C@@H]1CC2(CC[C@H]1O)OCCO2. The van der Waals surface area contributed by atoms with E-state index in [9.17, 15) is 5.11 Å². The van der Waals surface area contributed by atoms with Crippen LogP contribution in [0.4, 0.5) is 0 Å². The van der Waals surface area contributed by atoms with Crippen LogP contribution in [-0.2, 0) is 9.47 Å². The van der Waals surface area contributed by atoms with E-state index in [4.69, 9.17) is 9.47 Å². The standard InChI is InChI=1S/C11H21NO3/c1-2-5-12-9-8-11(4-3-10(9)13)14-6-7-15-11/h9-10,12-13H,2-8H2,1H3/t9-,10-/m1/s1. The molecule has 2 atom stereocenters. The van der Waals surface area contributed by atoms with Gasteiger partial charge in [0.2, 0.25) is 0 Å². The Kier molecular flexibility index (Phi) is 3.61. The molecule has 0 aromatic carbocycles. The van der Waals surface area contributed by atoms with Gasteiger partial charge in [-0.2, -0.15) is 0 Å².